The van der Waals surface area contributed by atoms with Gasteiger partial charge in [0.25, 0.3) is 0 Å². The Morgan fingerprint density at radius 2 is 1.67 bits per heavy atom. The monoisotopic (exact) mass is 383 g/mol. The summed E-state index contributed by atoms with van der Waals surface area (Å²) in [5.41, 5.74) is 1.22. The number of likely N-dealkylation sites (tertiary alicyclic amines) is 1. The topological polar surface area (TPSA) is 29.5 Å². The molecule has 0 spiro atoms. The zero-order chi connectivity index (χ0) is 18.7. The molecule has 0 radical (unpaired) electrons. The molecule has 0 unspecified atom stereocenters. The molecule has 1 saturated heterocycles. The average molecular weight is 384 g/mol. The SMILES string of the molecule is O=C(CCCSc1ccccc1)N1CCC(COCc2ccccc2)CC1. The first-order valence-corrected chi connectivity index (χ1v) is 10.9. The summed E-state index contributed by atoms with van der Waals surface area (Å²) in [7, 11) is 0. The summed E-state index contributed by atoms with van der Waals surface area (Å²) in [6.07, 6.45) is 3.71. The molecule has 2 aromatic rings. The van der Waals surface area contributed by atoms with Crippen molar-refractivity contribution < 1.29 is 9.53 Å². The van der Waals surface area contributed by atoms with Gasteiger partial charge in [-0.2, -0.15) is 0 Å². The van der Waals surface area contributed by atoms with Crippen molar-refractivity contribution in [1.82, 2.24) is 4.90 Å². The average Bonchev–Trinajstić information content (AvgIpc) is 2.73. The third kappa shape index (κ3) is 7.04. The standard InChI is InChI=1S/C23H29NO2S/c25-23(12-7-17-27-22-10-5-2-6-11-22)24-15-13-21(14-16-24)19-26-18-20-8-3-1-4-9-20/h1-6,8-11,21H,7,12-19H2. The lowest BCUT2D eigenvalue weighted by Crippen LogP contribution is -2.39. The van der Waals surface area contributed by atoms with E-state index in [4.69, 9.17) is 4.74 Å². The highest BCUT2D eigenvalue weighted by molar-refractivity contribution is 7.99. The highest BCUT2D eigenvalue weighted by Gasteiger charge is 2.22. The van der Waals surface area contributed by atoms with Gasteiger partial charge in [-0.15, -0.1) is 11.8 Å². The molecule has 0 atom stereocenters. The molecule has 4 heteroatoms. The normalized spacial score (nSPS) is 15.0. The van der Waals surface area contributed by atoms with Crippen LogP contribution in [0.25, 0.3) is 0 Å². The van der Waals surface area contributed by atoms with E-state index in [0.717, 1.165) is 44.7 Å². The number of nitrogens with zero attached hydrogens (tertiary/aromatic N) is 1. The molecule has 1 heterocycles. The molecule has 2 aromatic carbocycles. The van der Waals surface area contributed by atoms with Gasteiger partial charge in [0.05, 0.1) is 6.61 Å². The highest BCUT2D eigenvalue weighted by atomic mass is 32.2. The van der Waals surface area contributed by atoms with Crippen molar-refractivity contribution >= 4 is 17.7 Å². The molecule has 0 aromatic heterocycles. The largest absolute Gasteiger partial charge is 0.376 e. The first-order chi connectivity index (χ1) is 13.3. The van der Waals surface area contributed by atoms with Crippen molar-refractivity contribution in [1.29, 1.82) is 0 Å². The summed E-state index contributed by atoms with van der Waals surface area (Å²) in [6.45, 7) is 3.23. The van der Waals surface area contributed by atoms with Crippen LogP contribution in [-0.2, 0) is 16.1 Å². The minimum absolute atomic E-state index is 0.312. The van der Waals surface area contributed by atoms with Gasteiger partial charge in [-0.05, 0) is 48.6 Å². The third-order valence-corrected chi connectivity index (χ3v) is 6.08. The molecule has 144 valence electrons. The van der Waals surface area contributed by atoms with Crippen LogP contribution in [0.15, 0.2) is 65.6 Å². The van der Waals surface area contributed by atoms with Crippen molar-refractivity contribution in [2.75, 3.05) is 25.4 Å². The molecule has 1 fully saturated rings. The number of amides is 1. The van der Waals surface area contributed by atoms with Crippen LogP contribution in [0.4, 0.5) is 0 Å². The van der Waals surface area contributed by atoms with Gasteiger partial charge in [-0.3, -0.25) is 4.79 Å². The summed E-state index contributed by atoms with van der Waals surface area (Å²) in [4.78, 5) is 15.7. The number of thioether (sulfide) groups is 1. The minimum Gasteiger partial charge on any atom is -0.376 e. The number of carbonyl (C=O) groups excluding carboxylic acids is 1. The number of piperidine rings is 1. The molecule has 1 amide bonds. The molecule has 0 bridgehead atoms. The molecule has 3 nitrogen and oxygen atoms in total. The van der Waals surface area contributed by atoms with Gasteiger partial charge in [0.15, 0.2) is 0 Å². The summed E-state index contributed by atoms with van der Waals surface area (Å²) < 4.78 is 5.87. The molecule has 27 heavy (non-hydrogen) atoms. The van der Waals surface area contributed by atoms with E-state index in [-0.39, 0.29) is 0 Å². The van der Waals surface area contributed by atoms with E-state index in [1.54, 1.807) is 0 Å². The van der Waals surface area contributed by atoms with E-state index in [1.165, 1.54) is 10.5 Å². The van der Waals surface area contributed by atoms with Gasteiger partial charge in [-0.25, -0.2) is 0 Å². The number of rotatable bonds is 9. The Labute approximate surface area is 167 Å². The maximum atomic E-state index is 12.4. The number of ether oxygens (including phenoxy) is 1. The Hall–Kier alpha value is -1.78. The van der Waals surface area contributed by atoms with Crippen LogP contribution < -0.4 is 0 Å². The highest BCUT2D eigenvalue weighted by Crippen LogP contribution is 2.21. The van der Waals surface area contributed by atoms with E-state index in [9.17, 15) is 4.79 Å². The van der Waals surface area contributed by atoms with Crippen molar-refractivity contribution in [3.63, 3.8) is 0 Å². The minimum atomic E-state index is 0.312. The van der Waals surface area contributed by atoms with Crippen molar-refractivity contribution in [2.24, 2.45) is 5.92 Å². The van der Waals surface area contributed by atoms with Crippen LogP contribution in [0.5, 0.6) is 0 Å². The van der Waals surface area contributed by atoms with Crippen LogP contribution in [-0.4, -0.2) is 36.3 Å². The number of hydrogen-bond donors (Lipinski definition) is 0. The van der Waals surface area contributed by atoms with Gasteiger partial charge in [0.1, 0.15) is 0 Å². The molecule has 0 aliphatic carbocycles. The zero-order valence-corrected chi connectivity index (χ0v) is 16.7. The molecule has 1 aliphatic heterocycles. The number of carbonyl (C=O) groups is 1. The first-order valence-electron chi connectivity index (χ1n) is 9.88. The van der Waals surface area contributed by atoms with Crippen molar-refractivity contribution in [3.05, 3.63) is 66.2 Å². The van der Waals surface area contributed by atoms with Gasteiger partial charge >= 0.3 is 0 Å². The zero-order valence-electron chi connectivity index (χ0n) is 15.9. The maximum absolute atomic E-state index is 12.4. The van der Waals surface area contributed by atoms with E-state index >= 15 is 0 Å². The predicted octanol–water partition coefficient (Wildman–Crippen LogP) is 5.01. The maximum Gasteiger partial charge on any atom is 0.222 e. The second-order valence-electron chi connectivity index (χ2n) is 7.09. The van der Waals surface area contributed by atoms with Crippen molar-refractivity contribution in [3.8, 4) is 0 Å². The number of benzene rings is 2. The van der Waals surface area contributed by atoms with E-state index < -0.39 is 0 Å². The fourth-order valence-electron chi connectivity index (χ4n) is 3.35. The lowest BCUT2D eigenvalue weighted by Gasteiger charge is -2.32. The Kier molecular flexibility index (Phi) is 8.25. The Morgan fingerprint density at radius 3 is 2.37 bits per heavy atom. The fraction of sp³-hybridized carbons (Fsp3) is 0.435. The van der Waals surface area contributed by atoms with Crippen LogP contribution in [0.1, 0.15) is 31.2 Å². The molecule has 3 rings (SSSR count). The van der Waals surface area contributed by atoms with Gasteiger partial charge in [0, 0.05) is 31.0 Å². The van der Waals surface area contributed by atoms with Gasteiger partial charge in [0.2, 0.25) is 5.91 Å². The van der Waals surface area contributed by atoms with Gasteiger partial charge < -0.3 is 9.64 Å². The molecule has 0 saturated carbocycles. The first kappa shape index (κ1) is 20.0. The summed E-state index contributed by atoms with van der Waals surface area (Å²) in [5, 5.41) is 0. The summed E-state index contributed by atoms with van der Waals surface area (Å²) in [5.74, 6) is 1.89. The van der Waals surface area contributed by atoms with Gasteiger partial charge in [-0.1, -0.05) is 48.5 Å². The summed E-state index contributed by atoms with van der Waals surface area (Å²) >= 11 is 1.83. The summed E-state index contributed by atoms with van der Waals surface area (Å²) in [6, 6.07) is 20.7. The van der Waals surface area contributed by atoms with Crippen LogP contribution in [0.3, 0.4) is 0 Å². The van der Waals surface area contributed by atoms with E-state index in [2.05, 4.69) is 36.4 Å². The molecule has 1 aliphatic rings. The van der Waals surface area contributed by atoms with Crippen LogP contribution >= 0.6 is 11.8 Å². The van der Waals surface area contributed by atoms with E-state index in [1.807, 2.05) is 40.9 Å². The predicted molar refractivity (Wildman–Crippen MR) is 112 cm³/mol. The van der Waals surface area contributed by atoms with Crippen LogP contribution in [0, 0.1) is 5.92 Å². The Bertz CT molecular complexity index is 669. The number of hydrogen-bond acceptors (Lipinski definition) is 3. The third-order valence-electron chi connectivity index (χ3n) is 4.98. The Balaban J connectivity index is 1.26. The Morgan fingerprint density at radius 1 is 1.00 bits per heavy atom. The molecule has 0 N–H and O–H groups in total. The second-order valence-corrected chi connectivity index (χ2v) is 8.26. The quantitative estimate of drug-likeness (QED) is 0.450. The van der Waals surface area contributed by atoms with Crippen molar-refractivity contribution in [2.45, 2.75) is 37.2 Å². The van der Waals surface area contributed by atoms with E-state index in [0.29, 0.717) is 24.9 Å². The molecular weight excluding hydrogens is 354 g/mol. The lowest BCUT2D eigenvalue weighted by atomic mass is 9.97. The molecular formula is C23H29NO2S. The van der Waals surface area contributed by atoms with Crippen LogP contribution in [0.2, 0.25) is 0 Å². The smallest absolute Gasteiger partial charge is 0.222 e. The second kappa shape index (κ2) is 11.2. The lowest BCUT2D eigenvalue weighted by molar-refractivity contribution is -0.132. The fourth-order valence-corrected chi connectivity index (χ4v) is 4.23.